The van der Waals surface area contributed by atoms with Gasteiger partial charge in [0.15, 0.2) is 0 Å². The van der Waals surface area contributed by atoms with Crippen molar-refractivity contribution in [2.45, 2.75) is 39.2 Å². The van der Waals surface area contributed by atoms with Crippen molar-refractivity contribution in [1.29, 1.82) is 0 Å². The van der Waals surface area contributed by atoms with Crippen LogP contribution in [0.15, 0.2) is 24.4 Å². The SMILES string of the molecule is CC(C)(C)OC(=O)N(CCCC(=O)NC(=O)OC(=O)O)c1ccccn1. The average Bonchev–Trinajstić information content (AvgIpc) is 2.49. The maximum Gasteiger partial charge on any atom is 0.514 e. The molecule has 26 heavy (non-hydrogen) atoms. The fraction of sp³-hybridized carbons (Fsp3) is 0.438. The van der Waals surface area contributed by atoms with Crippen LogP contribution in [0.3, 0.4) is 0 Å². The van der Waals surface area contributed by atoms with Gasteiger partial charge in [-0.05, 0) is 39.3 Å². The zero-order valence-corrected chi connectivity index (χ0v) is 14.7. The molecule has 0 aliphatic carbocycles. The van der Waals surface area contributed by atoms with Gasteiger partial charge < -0.3 is 14.6 Å². The molecule has 0 atom stereocenters. The van der Waals surface area contributed by atoms with Crippen LogP contribution in [0.4, 0.5) is 20.2 Å². The molecular formula is C16H21N3O7. The number of nitrogens with zero attached hydrogens (tertiary/aromatic N) is 2. The smallest absolute Gasteiger partial charge is 0.449 e. The third kappa shape index (κ3) is 8.08. The largest absolute Gasteiger partial charge is 0.514 e. The molecular weight excluding hydrogens is 346 g/mol. The Hall–Kier alpha value is -3.17. The summed E-state index contributed by atoms with van der Waals surface area (Å²) in [5, 5.41) is 10.0. The Morgan fingerprint density at radius 3 is 2.46 bits per heavy atom. The van der Waals surface area contributed by atoms with Gasteiger partial charge in [-0.2, -0.15) is 0 Å². The lowest BCUT2D eigenvalue weighted by Crippen LogP contribution is -2.38. The third-order valence-electron chi connectivity index (χ3n) is 2.75. The molecule has 1 heterocycles. The van der Waals surface area contributed by atoms with Gasteiger partial charge in [-0.25, -0.2) is 19.4 Å². The summed E-state index contributed by atoms with van der Waals surface area (Å²) in [6.07, 6.45) is -2.26. The van der Waals surface area contributed by atoms with Gasteiger partial charge in [0.1, 0.15) is 11.4 Å². The number of ether oxygens (including phenoxy) is 2. The number of imide groups is 1. The van der Waals surface area contributed by atoms with Crippen molar-refractivity contribution in [3.05, 3.63) is 24.4 Å². The molecule has 142 valence electrons. The summed E-state index contributed by atoms with van der Waals surface area (Å²) in [6.45, 7) is 5.28. The first-order valence-electron chi connectivity index (χ1n) is 7.74. The zero-order valence-electron chi connectivity index (χ0n) is 14.7. The second-order valence-corrected chi connectivity index (χ2v) is 6.13. The summed E-state index contributed by atoms with van der Waals surface area (Å²) in [7, 11) is 0. The second-order valence-electron chi connectivity index (χ2n) is 6.13. The van der Waals surface area contributed by atoms with Crippen molar-refractivity contribution in [2.75, 3.05) is 11.4 Å². The van der Waals surface area contributed by atoms with E-state index >= 15 is 0 Å². The Balaban J connectivity index is 2.64. The summed E-state index contributed by atoms with van der Waals surface area (Å²) in [5.41, 5.74) is -0.706. The van der Waals surface area contributed by atoms with Crippen LogP contribution < -0.4 is 10.2 Å². The van der Waals surface area contributed by atoms with E-state index in [1.54, 1.807) is 44.3 Å². The van der Waals surface area contributed by atoms with E-state index in [-0.39, 0.29) is 19.4 Å². The molecule has 1 rings (SSSR count). The van der Waals surface area contributed by atoms with Gasteiger partial charge in [-0.1, -0.05) is 6.07 Å². The van der Waals surface area contributed by atoms with Gasteiger partial charge in [0.05, 0.1) is 0 Å². The molecule has 0 aromatic carbocycles. The number of hydrogen-bond donors (Lipinski definition) is 2. The predicted molar refractivity (Wildman–Crippen MR) is 89.7 cm³/mol. The molecule has 0 fully saturated rings. The van der Waals surface area contributed by atoms with E-state index in [1.807, 2.05) is 0 Å². The molecule has 0 spiro atoms. The van der Waals surface area contributed by atoms with Gasteiger partial charge in [-0.15, -0.1) is 0 Å². The van der Waals surface area contributed by atoms with Gasteiger partial charge in [-0.3, -0.25) is 15.0 Å². The van der Waals surface area contributed by atoms with Gasteiger partial charge >= 0.3 is 18.3 Å². The van der Waals surface area contributed by atoms with Gasteiger partial charge in [0.25, 0.3) is 0 Å². The lowest BCUT2D eigenvalue weighted by molar-refractivity contribution is -0.120. The van der Waals surface area contributed by atoms with Crippen molar-refractivity contribution in [1.82, 2.24) is 10.3 Å². The highest BCUT2D eigenvalue weighted by atomic mass is 16.7. The van der Waals surface area contributed by atoms with Crippen LogP contribution >= 0.6 is 0 Å². The molecule has 0 aliphatic rings. The van der Waals surface area contributed by atoms with Crippen molar-refractivity contribution < 1.29 is 33.8 Å². The molecule has 0 saturated heterocycles. The van der Waals surface area contributed by atoms with Crippen molar-refractivity contribution in [3.63, 3.8) is 0 Å². The number of pyridine rings is 1. The molecule has 0 aliphatic heterocycles. The van der Waals surface area contributed by atoms with Crippen LogP contribution in [0.2, 0.25) is 0 Å². The molecule has 0 bridgehead atoms. The Labute approximate surface area is 150 Å². The summed E-state index contributed by atoms with van der Waals surface area (Å²) in [4.78, 5) is 50.5. The molecule has 10 nitrogen and oxygen atoms in total. The summed E-state index contributed by atoms with van der Waals surface area (Å²) < 4.78 is 9.09. The highest BCUT2D eigenvalue weighted by Gasteiger charge is 2.24. The minimum absolute atomic E-state index is 0.104. The van der Waals surface area contributed by atoms with Gasteiger partial charge in [0, 0.05) is 19.2 Å². The molecule has 0 unspecified atom stereocenters. The maximum absolute atomic E-state index is 12.4. The molecule has 10 heteroatoms. The molecule has 0 radical (unpaired) electrons. The average molecular weight is 367 g/mol. The van der Waals surface area contributed by atoms with Crippen molar-refractivity contribution >= 4 is 30.1 Å². The lowest BCUT2D eigenvalue weighted by Gasteiger charge is -2.26. The predicted octanol–water partition coefficient (Wildman–Crippen LogP) is 2.53. The minimum Gasteiger partial charge on any atom is -0.449 e. The zero-order chi connectivity index (χ0) is 19.7. The number of nitrogens with one attached hydrogen (secondary N) is 1. The first-order chi connectivity index (χ1) is 12.1. The van der Waals surface area contributed by atoms with Crippen LogP contribution in [-0.4, -0.2) is 46.5 Å². The van der Waals surface area contributed by atoms with Crippen LogP contribution in [0, 0.1) is 0 Å². The minimum atomic E-state index is -1.82. The molecule has 1 aromatic heterocycles. The monoisotopic (exact) mass is 367 g/mol. The van der Waals surface area contributed by atoms with E-state index in [4.69, 9.17) is 9.84 Å². The molecule has 1 aromatic rings. The topological polar surface area (TPSA) is 135 Å². The maximum atomic E-state index is 12.4. The Bertz CT molecular complexity index is 656. The molecule has 0 saturated carbocycles. The Morgan fingerprint density at radius 1 is 1.23 bits per heavy atom. The van der Waals surface area contributed by atoms with Crippen molar-refractivity contribution in [3.8, 4) is 0 Å². The second kappa shape index (κ2) is 9.35. The summed E-state index contributed by atoms with van der Waals surface area (Å²) >= 11 is 0. The summed E-state index contributed by atoms with van der Waals surface area (Å²) in [5.74, 6) is -0.381. The third-order valence-corrected chi connectivity index (χ3v) is 2.75. The number of amides is 3. The number of alkyl carbamates (subject to hydrolysis) is 1. The lowest BCUT2D eigenvalue weighted by atomic mass is 10.2. The van der Waals surface area contributed by atoms with E-state index < -0.39 is 29.9 Å². The van der Waals surface area contributed by atoms with Crippen LogP contribution in [0.5, 0.6) is 0 Å². The highest BCUT2D eigenvalue weighted by Crippen LogP contribution is 2.16. The number of rotatable bonds is 5. The number of aromatic nitrogens is 1. The normalized spacial score (nSPS) is 10.6. The Morgan fingerprint density at radius 2 is 1.92 bits per heavy atom. The van der Waals surface area contributed by atoms with Crippen molar-refractivity contribution in [2.24, 2.45) is 0 Å². The van der Waals surface area contributed by atoms with E-state index in [1.165, 1.54) is 11.1 Å². The fourth-order valence-corrected chi connectivity index (χ4v) is 1.81. The Kier molecular flexibility index (Phi) is 7.51. The number of hydrogen-bond acceptors (Lipinski definition) is 7. The first kappa shape index (κ1) is 20.9. The van der Waals surface area contributed by atoms with E-state index in [2.05, 4.69) is 9.72 Å². The molecule has 2 N–H and O–H groups in total. The van der Waals surface area contributed by atoms with E-state index in [9.17, 15) is 19.2 Å². The van der Waals surface area contributed by atoms with Crippen LogP contribution in [0.1, 0.15) is 33.6 Å². The first-order valence-corrected chi connectivity index (χ1v) is 7.74. The highest BCUT2D eigenvalue weighted by molar-refractivity contribution is 5.94. The standard InChI is InChI=1S/C16H21N3O7/c1-16(2,3)26-14(22)19(11-7-4-5-9-17-11)10-6-8-12(20)18-13(21)25-15(23)24/h4-5,7,9H,6,8,10H2,1-3H3,(H,23,24)(H,18,20,21). The number of anilines is 1. The van der Waals surface area contributed by atoms with E-state index in [0.29, 0.717) is 5.82 Å². The quantitative estimate of drug-likeness (QED) is 0.598. The fourth-order valence-electron chi connectivity index (χ4n) is 1.81. The van der Waals surface area contributed by atoms with Gasteiger partial charge in [0.2, 0.25) is 5.91 Å². The molecule has 3 amide bonds. The number of carbonyl (C=O) groups excluding carboxylic acids is 3. The number of carboxylic acid groups (broad SMARTS) is 1. The van der Waals surface area contributed by atoms with Crippen LogP contribution in [-0.2, 0) is 14.3 Å². The van der Waals surface area contributed by atoms with E-state index in [0.717, 1.165) is 0 Å². The number of carbonyl (C=O) groups is 4. The summed E-state index contributed by atoms with van der Waals surface area (Å²) in [6, 6.07) is 5.01. The van der Waals surface area contributed by atoms with Crippen LogP contribution in [0.25, 0.3) is 0 Å².